The van der Waals surface area contributed by atoms with Crippen molar-refractivity contribution in [1.29, 1.82) is 5.53 Å². The van der Waals surface area contributed by atoms with E-state index in [1.807, 2.05) is 36.4 Å². The summed E-state index contributed by atoms with van der Waals surface area (Å²) in [7, 11) is 0. The van der Waals surface area contributed by atoms with Gasteiger partial charge >= 0.3 is 0 Å². The molecule has 0 heterocycles. The second-order valence-corrected chi connectivity index (χ2v) is 10.5. The van der Waals surface area contributed by atoms with Gasteiger partial charge in [-0.1, -0.05) is 78.9 Å². The van der Waals surface area contributed by atoms with Crippen LogP contribution < -0.4 is 21.3 Å². The standard InChI is InChI=1S/C31H36ClN7O/c1-21(24-12-16-28(32)17-13-24)35-22(2)39(29-18-14-26(15-19-29)25-6-4-3-5-7-25)20-23-8-10-27(11-9-23)30(40)36-31(33)37-38-34/h8-19,21,25,35H,2-7,20H2,1H3,(H4,33,34,36,37,40). The molecule has 40 heavy (non-hydrogen) atoms. The summed E-state index contributed by atoms with van der Waals surface area (Å²) in [5.41, 5.74) is 17.2. The molecule has 8 nitrogen and oxygen atoms in total. The van der Waals surface area contributed by atoms with E-state index in [1.165, 1.54) is 37.7 Å². The van der Waals surface area contributed by atoms with Crippen LogP contribution in [-0.4, -0.2) is 11.9 Å². The molecule has 1 atom stereocenters. The van der Waals surface area contributed by atoms with Gasteiger partial charge in [0.1, 0.15) is 0 Å². The van der Waals surface area contributed by atoms with Crippen molar-refractivity contribution < 1.29 is 4.79 Å². The van der Waals surface area contributed by atoms with Crippen LogP contribution in [0.3, 0.4) is 0 Å². The molecule has 0 aliphatic heterocycles. The van der Waals surface area contributed by atoms with Gasteiger partial charge in [0, 0.05) is 28.9 Å². The van der Waals surface area contributed by atoms with Crippen molar-refractivity contribution in [2.24, 2.45) is 16.1 Å². The van der Waals surface area contributed by atoms with E-state index in [0.717, 1.165) is 22.6 Å². The lowest BCUT2D eigenvalue weighted by molar-refractivity contribution is 0.0976. The molecule has 0 saturated heterocycles. The number of hydrogen-bond donors (Lipinski definition) is 4. The molecule has 208 valence electrons. The van der Waals surface area contributed by atoms with Crippen LogP contribution in [0.15, 0.2) is 95.5 Å². The number of amides is 1. The molecule has 3 aromatic rings. The number of rotatable bonds is 10. The van der Waals surface area contributed by atoms with Gasteiger partial charge in [0.2, 0.25) is 5.96 Å². The lowest BCUT2D eigenvalue weighted by Crippen LogP contribution is -2.36. The van der Waals surface area contributed by atoms with E-state index in [1.54, 1.807) is 12.1 Å². The Kier molecular flexibility index (Phi) is 9.91. The molecule has 0 spiro atoms. The normalized spacial score (nSPS) is 14.7. The molecule has 4 rings (SSSR count). The number of carbonyl (C=O) groups excluding carboxylic acids is 1. The summed E-state index contributed by atoms with van der Waals surface area (Å²) < 4.78 is 0. The van der Waals surface area contributed by atoms with Gasteiger partial charge in [-0.05, 0) is 84.0 Å². The number of anilines is 1. The Balaban J connectivity index is 1.53. The maximum atomic E-state index is 12.4. The van der Waals surface area contributed by atoms with Crippen molar-refractivity contribution >= 4 is 29.2 Å². The number of halogens is 1. The Morgan fingerprint density at radius 3 is 2.33 bits per heavy atom. The molecule has 5 N–H and O–H groups in total. The molecular weight excluding hydrogens is 522 g/mol. The Morgan fingerprint density at radius 1 is 1.05 bits per heavy atom. The fourth-order valence-electron chi connectivity index (χ4n) is 5.08. The van der Waals surface area contributed by atoms with Crippen LogP contribution in [0.1, 0.15) is 78.0 Å². The Hall–Kier alpha value is -4.17. The smallest absolute Gasteiger partial charge is 0.257 e. The van der Waals surface area contributed by atoms with Crippen molar-refractivity contribution in [2.75, 3.05) is 4.90 Å². The van der Waals surface area contributed by atoms with Gasteiger partial charge in [0.25, 0.3) is 5.91 Å². The highest BCUT2D eigenvalue weighted by molar-refractivity contribution is 6.30. The van der Waals surface area contributed by atoms with Gasteiger partial charge in [0.15, 0.2) is 0 Å². The number of nitrogens with one attached hydrogen (secondary N) is 3. The Morgan fingerprint density at radius 2 is 1.70 bits per heavy atom. The average Bonchev–Trinajstić information content (AvgIpc) is 2.97. The number of guanidine groups is 1. The number of carbonyl (C=O) groups is 1. The van der Waals surface area contributed by atoms with Crippen molar-refractivity contribution in [3.63, 3.8) is 0 Å². The summed E-state index contributed by atoms with van der Waals surface area (Å²) in [6.07, 6.45) is 6.45. The number of benzene rings is 3. The summed E-state index contributed by atoms with van der Waals surface area (Å²) in [5, 5.41) is 12.8. The van der Waals surface area contributed by atoms with Crippen LogP contribution in [0.25, 0.3) is 0 Å². The molecule has 1 amide bonds. The van der Waals surface area contributed by atoms with E-state index in [9.17, 15) is 4.79 Å². The first-order valence-electron chi connectivity index (χ1n) is 13.5. The van der Waals surface area contributed by atoms with Crippen LogP contribution in [0.2, 0.25) is 5.02 Å². The lowest BCUT2D eigenvalue weighted by Gasteiger charge is -2.31. The number of nitrogens with two attached hydrogens (primary N) is 1. The molecule has 0 aromatic heterocycles. The van der Waals surface area contributed by atoms with Crippen molar-refractivity contribution in [3.8, 4) is 0 Å². The van der Waals surface area contributed by atoms with E-state index in [-0.39, 0.29) is 12.0 Å². The Labute approximate surface area is 240 Å². The lowest BCUT2D eigenvalue weighted by atomic mass is 9.84. The van der Waals surface area contributed by atoms with Gasteiger partial charge in [-0.25, -0.2) is 0 Å². The number of hydrogen-bond acceptors (Lipinski definition) is 5. The van der Waals surface area contributed by atoms with Crippen LogP contribution in [-0.2, 0) is 6.54 Å². The van der Waals surface area contributed by atoms with Crippen LogP contribution in [0.5, 0.6) is 0 Å². The maximum absolute atomic E-state index is 12.4. The van der Waals surface area contributed by atoms with E-state index in [2.05, 4.69) is 63.6 Å². The summed E-state index contributed by atoms with van der Waals surface area (Å²) in [5.74, 6) is 0.742. The zero-order chi connectivity index (χ0) is 28.5. The zero-order valence-electron chi connectivity index (χ0n) is 22.7. The highest BCUT2D eigenvalue weighted by Gasteiger charge is 2.18. The summed E-state index contributed by atoms with van der Waals surface area (Å²) in [6, 6.07) is 23.9. The molecule has 3 aromatic carbocycles. The van der Waals surface area contributed by atoms with Crippen molar-refractivity contribution in [1.82, 2.24) is 10.6 Å². The third-order valence-electron chi connectivity index (χ3n) is 7.32. The van der Waals surface area contributed by atoms with E-state index in [0.29, 0.717) is 23.0 Å². The molecule has 1 fully saturated rings. The van der Waals surface area contributed by atoms with Gasteiger partial charge in [-0.3, -0.25) is 10.1 Å². The second kappa shape index (κ2) is 13.8. The second-order valence-electron chi connectivity index (χ2n) is 10.1. The fraction of sp³-hybridized carbons (Fsp3) is 0.290. The minimum absolute atomic E-state index is 0.0161. The van der Waals surface area contributed by atoms with Crippen LogP contribution >= 0.6 is 11.6 Å². The summed E-state index contributed by atoms with van der Waals surface area (Å²) >= 11 is 6.09. The molecule has 1 saturated carbocycles. The van der Waals surface area contributed by atoms with Gasteiger partial charge in [-0.15, -0.1) is 0 Å². The zero-order valence-corrected chi connectivity index (χ0v) is 23.5. The SMILES string of the molecule is C=C(NC(C)c1ccc(Cl)cc1)N(Cc1ccc(C(=O)NC(N)=NN=N)cc1)c1ccc(C2CCCCC2)cc1. The third-order valence-corrected chi connectivity index (χ3v) is 7.57. The van der Waals surface area contributed by atoms with Crippen molar-refractivity contribution in [2.45, 2.75) is 57.5 Å². The molecular formula is C31H36ClN7O. The van der Waals surface area contributed by atoms with Crippen LogP contribution in [0, 0.1) is 5.53 Å². The molecule has 1 aliphatic rings. The molecule has 0 bridgehead atoms. The van der Waals surface area contributed by atoms with Crippen molar-refractivity contribution in [3.05, 3.63) is 112 Å². The molecule has 9 heteroatoms. The van der Waals surface area contributed by atoms with Gasteiger partial charge in [-0.2, -0.15) is 5.53 Å². The minimum Gasteiger partial charge on any atom is -0.368 e. The predicted octanol–water partition coefficient (Wildman–Crippen LogP) is 7.21. The predicted molar refractivity (Wildman–Crippen MR) is 161 cm³/mol. The van der Waals surface area contributed by atoms with E-state index >= 15 is 0 Å². The Bertz CT molecular complexity index is 1330. The average molecular weight is 558 g/mol. The highest BCUT2D eigenvalue weighted by Crippen LogP contribution is 2.34. The monoisotopic (exact) mass is 557 g/mol. The minimum atomic E-state index is -0.422. The summed E-state index contributed by atoms with van der Waals surface area (Å²) in [4.78, 5) is 14.6. The third kappa shape index (κ3) is 7.70. The van der Waals surface area contributed by atoms with Gasteiger partial charge < -0.3 is 16.0 Å². The molecule has 0 radical (unpaired) electrons. The van der Waals surface area contributed by atoms with Crippen LogP contribution in [0.4, 0.5) is 5.69 Å². The highest BCUT2D eigenvalue weighted by atomic mass is 35.5. The van der Waals surface area contributed by atoms with E-state index < -0.39 is 5.91 Å². The molecule has 1 aliphatic carbocycles. The topological polar surface area (TPSA) is 119 Å². The molecule has 1 unspecified atom stereocenters. The first-order chi connectivity index (χ1) is 19.3. The fourth-order valence-corrected chi connectivity index (χ4v) is 5.20. The summed E-state index contributed by atoms with van der Waals surface area (Å²) in [6.45, 7) is 7.03. The first kappa shape index (κ1) is 28.8. The number of nitrogens with zero attached hydrogens (tertiary/aromatic N) is 3. The maximum Gasteiger partial charge on any atom is 0.257 e. The van der Waals surface area contributed by atoms with Gasteiger partial charge in [0.05, 0.1) is 5.82 Å². The van der Waals surface area contributed by atoms with E-state index in [4.69, 9.17) is 22.9 Å². The quantitative estimate of drug-likeness (QED) is 0.0911. The largest absolute Gasteiger partial charge is 0.368 e. The first-order valence-corrected chi connectivity index (χ1v) is 13.9.